The van der Waals surface area contributed by atoms with E-state index >= 15 is 0 Å². The number of nitrogens with one attached hydrogen (secondary N) is 2. The Morgan fingerprint density at radius 2 is 2.00 bits per heavy atom. The maximum atomic E-state index is 13.4. The van der Waals surface area contributed by atoms with Gasteiger partial charge in [-0.3, -0.25) is 4.79 Å². The molecule has 0 radical (unpaired) electrons. The van der Waals surface area contributed by atoms with Crippen molar-refractivity contribution in [1.82, 2.24) is 14.8 Å². The first-order valence-electron chi connectivity index (χ1n) is 9.65. The van der Waals surface area contributed by atoms with Crippen LogP contribution in [0.25, 0.3) is 0 Å². The van der Waals surface area contributed by atoms with Crippen molar-refractivity contribution in [3.05, 3.63) is 75.7 Å². The third-order valence-electron chi connectivity index (χ3n) is 4.91. The number of hydrogen-bond donors (Lipinski definition) is 2. The number of nitrogens with zero attached hydrogens (tertiary/aromatic N) is 3. The molecule has 2 heterocycles. The fraction of sp³-hybridized carbons (Fsp3) is 0.227. The summed E-state index contributed by atoms with van der Waals surface area (Å²) in [6, 6.07) is 13.0. The molecule has 8 heteroatoms. The van der Waals surface area contributed by atoms with Gasteiger partial charge in [-0.25, -0.2) is 4.68 Å². The van der Waals surface area contributed by atoms with Gasteiger partial charge in [0.1, 0.15) is 18.1 Å². The second kappa shape index (κ2) is 8.31. The highest BCUT2D eigenvalue weighted by molar-refractivity contribution is 9.10. The third kappa shape index (κ3) is 3.82. The van der Waals surface area contributed by atoms with Crippen molar-refractivity contribution in [1.29, 1.82) is 0 Å². The van der Waals surface area contributed by atoms with E-state index in [1.165, 1.54) is 6.33 Å². The fourth-order valence-corrected chi connectivity index (χ4v) is 3.91. The van der Waals surface area contributed by atoms with Gasteiger partial charge in [0.05, 0.1) is 12.2 Å². The lowest BCUT2D eigenvalue weighted by molar-refractivity contribution is -0.113. The number of anilines is 2. The number of benzene rings is 2. The summed E-state index contributed by atoms with van der Waals surface area (Å²) in [5.74, 6) is 1.06. The summed E-state index contributed by atoms with van der Waals surface area (Å²) in [7, 11) is 0. The summed E-state index contributed by atoms with van der Waals surface area (Å²) in [6.45, 7) is 6.32. The van der Waals surface area contributed by atoms with Crippen LogP contribution in [0.4, 0.5) is 11.6 Å². The normalized spacial score (nSPS) is 15.4. The average molecular weight is 468 g/mol. The highest BCUT2D eigenvalue weighted by Crippen LogP contribution is 2.40. The molecule has 30 heavy (non-hydrogen) atoms. The van der Waals surface area contributed by atoms with Crippen molar-refractivity contribution in [2.75, 3.05) is 17.2 Å². The van der Waals surface area contributed by atoms with E-state index < -0.39 is 6.04 Å². The van der Waals surface area contributed by atoms with Gasteiger partial charge >= 0.3 is 0 Å². The van der Waals surface area contributed by atoms with Gasteiger partial charge in [0, 0.05) is 21.4 Å². The summed E-state index contributed by atoms with van der Waals surface area (Å²) < 4.78 is 8.47. The fourth-order valence-electron chi connectivity index (χ4n) is 3.53. The van der Waals surface area contributed by atoms with E-state index in [-0.39, 0.29) is 5.91 Å². The van der Waals surface area contributed by atoms with Gasteiger partial charge < -0.3 is 15.4 Å². The molecule has 4 rings (SSSR count). The monoisotopic (exact) mass is 467 g/mol. The summed E-state index contributed by atoms with van der Waals surface area (Å²) in [5.41, 5.74) is 3.95. The zero-order chi connectivity index (χ0) is 21.3. The molecule has 7 nitrogen and oxygen atoms in total. The zero-order valence-corrected chi connectivity index (χ0v) is 18.5. The lowest BCUT2D eigenvalue weighted by Crippen LogP contribution is -2.31. The first-order valence-corrected chi connectivity index (χ1v) is 10.4. The van der Waals surface area contributed by atoms with Crippen LogP contribution < -0.4 is 15.4 Å². The number of aromatic nitrogens is 3. The molecule has 154 valence electrons. The second-order valence-corrected chi connectivity index (χ2v) is 7.95. The molecule has 1 atom stereocenters. The van der Waals surface area contributed by atoms with Gasteiger partial charge in [0.25, 0.3) is 5.91 Å². The predicted octanol–water partition coefficient (Wildman–Crippen LogP) is 4.68. The highest BCUT2D eigenvalue weighted by Gasteiger charge is 2.35. The Bertz CT molecular complexity index is 1120. The number of fused-ring (bicyclic) bond motifs is 1. The van der Waals surface area contributed by atoms with Crippen molar-refractivity contribution in [2.45, 2.75) is 26.8 Å². The molecule has 1 aromatic heterocycles. The topological polar surface area (TPSA) is 81.1 Å². The van der Waals surface area contributed by atoms with Gasteiger partial charge in [0.15, 0.2) is 0 Å². The average Bonchev–Trinajstić information content (AvgIpc) is 3.18. The number of carbonyl (C=O) groups is 1. The van der Waals surface area contributed by atoms with Gasteiger partial charge in [-0.15, -0.1) is 0 Å². The molecule has 0 saturated carbocycles. The van der Waals surface area contributed by atoms with Crippen molar-refractivity contribution < 1.29 is 9.53 Å². The van der Waals surface area contributed by atoms with Gasteiger partial charge in [-0.05, 0) is 51.1 Å². The molecule has 1 unspecified atom stereocenters. The Balaban J connectivity index is 1.81. The summed E-state index contributed by atoms with van der Waals surface area (Å²) in [5, 5.41) is 10.6. The predicted molar refractivity (Wildman–Crippen MR) is 120 cm³/mol. The van der Waals surface area contributed by atoms with Crippen molar-refractivity contribution in [3.63, 3.8) is 0 Å². The van der Waals surface area contributed by atoms with Crippen LogP contribution in [0.2, 0.25) is 0 Å². The molecule has 0 saturated heterocycles. The highest BCUT2D eigenvalue weighted by atomic mass is 79.9. The smallest absolute Gasteiger partial charge is 0.255 e. The lowest BCUT2D eigenvalue weighted by Gasteiger charge is -2.30. The van der Waals surface area contributed by atoms with Gasteiger partial charge in [-0.2, -0.15) is 10.1 Å². The molecular weight excluding hydrogens is 446 g/mol. The van der Waals surface area contributed by atoms with E-state index in [1.54, 1.807) is 4.68 Å². The number of allylic oxidation sites excluding steroid dienone is 1. The van der Waals surface area contributed by atoms with E-state index in [1.807, 2.05) is 63.2 Å². The van der Waals surface area contributed by atoms with Gasteiger partial charge in [0.2, 0.25) is 5.95 Å². The number of aryl methyl sites for hydroxylation is 1. The third-order valence-corrected chi connectivity index (χ3v) is 5.41. The maximum Gasteiger partial charge on any atom is 0.255 e. The van der Waals surface area contributed by atoms with Crippen molar-refractivity contribution in [3.8, 4) is 5.75 Å². The minimum atomic E-state index is -0.492. The van der Waals surface area contributed by atoms with E-state index in [0.29, 0.717) is 29.6 Å². The minimum absolute atomic E-state index is 0.211. The lowest BCUT2D eigenvalue weighted by atomic mass is 9.94. The first kappa shape index (κ1) is 20.2. The number of carbonyl (C=O) groups excluding carboxylic acids is 1. The van der Waals surface area contributed by atoms with E-state index in [4.69, 9.17) is 4.74 Å². The zero-order valence-electron chi connectivity index (χ0n) is 16.9. The van der Waals surface area contributed by atoms with Crippen molar-refractivity contribution >= 4 is 33.5 Å². The molecule has 2 N–H and O–H groups in total. The van der Waals surface area contributed by atoms with Crippen molar-refractivity contribution in [2.24, 2.45) is 0 Å². The van der Waals surface area contributed by atoms with Crippen LogP contribution >= 0.6 is 15.9 Å². The Hall–Kier alpha value is -3.13. The SMILES string of the molecule is CCOc1ccc(Br)cc1C1C(C(=O)Nc2ccc(C)cc2)=C(C)Nc2ncnn21. The molecule has 0 spiro atoms. The Morgan fingerprint density at radius 3 is 2.73 bits per heavy atom. The number of rotatable bonds is 5. The van der Waals surface area contributed by atoms with Crippen LogP contribution in [0.1, 0.15) is 31.0 Å². The van der Waals surface area contributed by atoms with E-state index in [9.17, 15) is 4.79 Å². The molecule has 0 fully saturated rings. The summed E-state index contributed by atoms with van der Waals surface area (Å²) in [4.78, 5) is 17.7. The first-order chi connectivity index (χ1) is 14.5. The molecule has 1 aliphatic rings. The van der Waals surface area contributed by atoms with Crippen LogP contribution in [0.3, 0.4) is 0 Å². The molecule has 1 amide bonds. The molecule has 1 aliphatic heterocycles. The van der Waals surface area contributed by atoms with Crippen LogP contribution in [0.5, 0.6) is 5.75 Å². The minimum Gasteiger partial charge on any atom is -0.494 e. The number of ether oxygens (including phenoxy) is 1. The summed E-state index contributed by atoms with van der Waals surface area (Å²) in [6.07, 6.45) is 1.47. The Labute approximate surface area is 183 Å². The number of halogens is 1. The van der Waals surface area contributed by atoms with E-state index in [2.05, 4.69) is 36.6 Å². The number of amides is 1. The second-order valence-electron chi connectivity index (χ2n) is 7.03. The van der Waals surface area contributed by atoms with Crippen LogP contribution in [0, 0.1) is 6.92 Å². The quantitative estimate of drug-likeness (QED) is 0.569. The van der Waals surface area contributed by atoms with Gasteiger partial charge in [-0.1, -0.05) is 33.6 Å². The van der Waals surface area contributed by atoms with Crippen LogP contribution in [-0.4, -0.2) is 27.3 Å². The number of hydrogen-bond acceptors (Lipinski definition) is 5. The maximum absolute atomic E-state index is 13.4. The molecular formula is C22H22BrN5O2. The molecule has 0 aliphatic carbocycles. The van der Waals surface area contributed by atoms with Crippen LogP contribution in [0.15, 0.2) is 64.5 Å². The molecule has 0 bridgehead atoms. The summed E-state index contributed by atoms with van der Waals surface area (Å²) >= 11 is 3.54. The van der Waals surface area contributed by atoms with Crippen LogP contribution in [-0.2, 0) is 4.79 Å². The van der Waals surface area contributed by atoms with E-state index in [0.717, 1.165) is 21.3 Å². The largest absolute Gasteiger partial charge is 0.494 e. The Morgan fingerprint density at radius 1 is 1.23 bits per heavy atom. The standard InChI is InChI=1S/C22H22BrN5O2/c1-4-30-18-10-7-15(23)11-17(18)20-19(14(3)26-22-24-12-25-28(20)22)21(29)27-16-8-5-13(2)6-9-16/h5-12,20H,4H2,1-3H3,(H,27,29)(H,24,25,26). The molecule has 2 aromatic carbocycles. The molecule has 3 aromatic rings. The Kier molecular flexibility index (Phi) is 5.59.